The molecule has 1 aromatic carbocycles. The van der Waals surface area contributed by atoms with Crippen LogP contribution in [0.2, 0.25) is 0 Å². The molecule has 2 N–H and O–H groups in total. The predicted molar refractivity (Wildman–Crippen MR) is 61.2 cm³/mol. The summed E-state index contributed by atoms with van der Waals surface area (Å²) in [6, 6.07) is 4.37. The maximum absolute atomic E-state index is 12.1. The van der Waals surface area contributed by atoms with E-state index in [4.69, 9.17) is 10.5 Å². The van der Waals surface area contributed by atoms with Crippen molar-refractivity contribution in [2.45, 2.75) is 32.9 Å². The fourth-order valence-corrected chi connectivity index (χ4v) is 1.41. The molecule has 0 aliphatic rings. The van der Waals surface area contributed by atoms with Gasteiger partial charge in [0, 0.05) is 6.54 Å². The van der Waals surface area contributed by atoms with E-state index in [1.54, 1.807) is 19.9 Å². The van der Waals surface area contributed by atoms with Crippen LogP contribution in [0.5, 0.6) is 5.75 Å². The quantitative estimate of drug-likeness (QED) is 0.888. The minimum Gasteiger partial charge on any atom is -0.406 e. The first-order valence-electron chi connectivity index (χ1n) is 5.48. The van der Waals surface area contributed by atoms with Crippen LogP contribution in [0.25, 0.3) is 0 Å². The van der Waals surface area contributed by atoms with Crippen LogP contribution in [-0.2, 0) is 11.3 Å². The smallest absolute Gasteiger partial charge is 0.406 e. The van der Waals surface area contributed by atoms with Gasteiger partial charge in [0.2, 0.25) is 0 Å². The fourth-order valence-electron chi connectivity index (χ4n) is 1.41. The highest BCUT2D eigenvalue weighted by Gasteiger charge is 2.31. The lowest BCUT2D eigenvalue weighted by molar-refractivity contribution is -0.274. The third kappa shape index (κ3) is 5.37. The Balaban J connectivity index is 2.74. The van der Waals surface area contributed by atoms with E-state index in [0.717, 1.165) is 0 Å². The standard InChI is InChI=1S/C12H16F3NO2/c1-8-3-10(7-17-9(2)6-16)5-11(4-8)18-12(13,14)15/h3-5,9H,6-7,16H2,1-2H3/t9-/m0/s1. The summed E-state index contributed by atoms with van der Waals surface area (Å²) in [4.78, 5) is 0. The normalized spacial score (nSPS) is 13.4. The zero-order valence-corrected chi connectivity index (χ0v) is 10.3. The van der Waals surface area contributed by atoms with Crippen molar-refractivity contribution in [3.8, 4) is 5.75 Å². The summed E-state index contributed by atoms with van der Waals surface area (Å²) in [6.45, 7) is 4.05. The van der Waals surface area contributed by atoms with Crippen LogP contribution in [0.1, 0.15) is 18.1 Å². The molecular weight excluding hydrogens is 247 g/mol. The van der Waals surface area contributed by atoms with Crippen LogP contribution >= 0.6 is 0 Å². The van der Waals surface area contributed by atoms with E-state index in [1.807, 2.05) is 0 Å². The number of nitrogens with two attached hydrogens (primary N) is 1. The molecule has 0 radical (unpaired) electrons. The van der Waals surface area contributed by atoms with E-state index in [0.29, 0.717) is 17.7 Å². The Labute approximate surface area is 104 Å². The van der Waals surface area contributed by atoms with Crippen molar-refractivity contribution >= 4 is 0 Å². The van der Waals surface area contributed by atoms with Gasteiger partial charge in [-0.1, -0.05) is 6.07 Å². The van der Waals surface area contributed by atoms with Crippen molar-refractivity contribution in [2.75, 3.05) is 6.54 Å². The monoisotopic (exact) mass is 263 g/mol. The first-order valence-corrected chi connectivity index (χ1v) is 5.48. The van der Waals surface area contributed by atoms with Crippen molar-refractivity contribution in [1.82, 2.24) is 0 Å². The number of ether oxygens (including phenoxy) is 2. The second-order valence-corrected chi connectivity index (χ2v) is 4.06. The van der Waals surface area contributed by atoms with Crippen LogP contribution in [0.4, 0.5) is 13.2 Å². The fraction of sp³-hybridized carbons (Fsp3) is 0.500. The molecule has 1 atom stereocenters. The molecule has 1 aromatic rings. The third-order valence-electron chi connectivity index (χ3n) is 2.21. The summed E-state index contributed by atoms with van der Waals surface area (Å²) in [7, 11) is 0. The van der Waals surface area contributed by atoms with Crippen LogP contribution in [0, 0.1) is 6.92 Å². The summed E-state index contributed by atoms with van der Waals surface area (Å²) >= 11 is 0. The molecule has 0 saturated carbocycles. The number of hydrogen-bond donors (Lipinski definition) is 1. The Morgan fingerprint density at radius 2 is 1.94 bits per heavy atom. The second-order valence-electron chi connectivity index (χ2n) is 4.06. The molecule has 0 spiro atoms. The average molecular weight is 263 g/mol. The molecule has 0 amide bonds. The van der Waals surface area contributed by atoms with E-state index in [9.17, 15) is 13.2 Å². The largest absolute Gasteiger partial charge is 0.573 e. The summed E-state index contributed by atoms with van der Waals surface area (Å²) in [5, 5.41) is 0. The van der Waals surface area contributed by atoms with Gasteiger partial charge in [-0.3, -0.25) is 0 Å². The van der Waals surface area contributed by atoms with Gasteiger partial charge in [0.25, 0.3) is 0 Å². The molecule has 0 aromatic heterocycles. The predicted octanol–water partition coefficient (Wildman–Crippen LogP) is 2.76. The van der Waals surface area contributed by atoms with Crippen LogP contribution in [0.3, 0.4) is 0 Å². The van der Waals surface area contributed by atoms with Gasteiger partial charge in [0.15, 0.2) is 0 Å². The first kappa shape index (κ1) is 14.8. The van der Waals surface area contributed by atoms with Crippen molar-refractivity contribution in [2.24, 2.45) is 5.73 Å². The molecule has 0 heterocycles. The number of aryl methyl sites for hydroxylation is 1. The Bertz CT molecular complexity index is 393. The number of hydrogen-bond acceptors (Lipinski definition) is 3. The molecule has 0 aliphatic heterocycles. The van der Waals surface area contributed by atoms with Gasteiger partial charge < -0.3 is 15.2 Å². The maximum Gasteiger partial charge on any atom is 0.573 e. The first-order chi connectivity index (χ1) is 8.30. The zero-order valence-electron chi connectivity index (χ0n) is 10.3. The number of halogens is 3. The molecular formula is C12H16F3NO2. The van der Waals surface area contributed by atoms with Gasteiger partial charge in [-0.25, -0.2) is 0 Å². The van der Waals surface area contributed by atoms with Gasteiger partial charge in [0.1, 0.15) is 5.75 Å². The highest BCUT2D eigenvalue weighted by molar-refractivity contribution is 5.33. The van der Waals surface area contributed by atoms with Gasteiger partial charge in [0.05, 0.1) is 12.7 Å². The highest BCUT2D eigenvalue weighted by Crippen LogP contribution is 2.25. The molecule has 0 unspecified atom stereocenters. The van der Waals surface area contributed by atoms with Crippen molar-refractivity contribution in [1.29, 1.82) is 0 Å². The van der Waals surface area contributed by atoms with Gasteiger partial charge in [-0.2, -0.15) is 0 Å². The maximum atomic E-state index is 12.1. The summed E-state index contributed by atoms with van der Waals surface area (Å²) in [5.74, 6) is -0.235. The van der Waals surface area contributed by atoms with Gasteiger partial charge in [-0.15, -0.1) is 13.2 Å². The topological polar surface area (TPSA) is 44.5 Å². The molecule has 0 fully saturated rings. The molecule has 18 heavy (non-hydrogen) atoms. The van der Waals surface area contributed by atoms with E-state index in [-0.39, 0.29) is 18.5 Å². The molecule has 3 nitrogen and oxygen atoms in total. The Hall–Kier alpha value is -1.27. The van der Waals surface area contributed by atoms with Crippen molar-refractivity contribution in [3.63, 3.8) is 0 Å². The van der Waals surface area contributed by atoms with Crippen molar-refractivity contribution in [3.05, 3.63) is 29.3 Å². The average Bonchev–Trinajstić information content (AvgIpc) is 2.22. The van der Waals surface area contributed by atoms with Crippen molar-refractivity contribution < 1.29 is 22.6 Å². The number of benzene rings is 1. The lowest BCUT2D eigenvalue weighted by atomic mass is 10.1. The lowest BCUT2D eigenvalue weighted by Gasteiger charge is -2.13. The lowest BCUT2D eigenvalue weighted by Crippen LogP contribution is -2.20. The highest BCUT2D eigenvalue weighted by atomic mass is 19.4. The molecule has 0 aliphatic carbocycles. The Morgan fingerprint density at radius 3 is 2.50 bits per heavy atom. The summed E-state index contributed by atoms with van der Waals surface area (Å²) in [5.41, 5.74) is 6.68. The van der Waals surface area contributed by atoms with Crippen LogP contribution < -0.4 is 10.5 Å². The zero-order chi connectivity index (χ0) is 13.8. The van der Waals surface area contributed by atoms with E-state index >= 15 is 0 Å². The van der Waals surface area contributed by atoms with Gasteiger partial charge >= 0.3 is 6.36 Å². The Kier molecular flexibility index (Phi) is 4.98. The molecule has 102 valence electrons. The van der Waals surface area contributed by atoms with E-state index < -0.39 is 6.36 Å². The Morgan fingerprint density at radius 1 is 1.28 bits per heavy atom. The SMILES string of the molecule is Cc1cc(CO[C@@H](C)CN)cc(OC(F)(F)F)c1. The molecule has 0 saturated heterocycles. The molecule has 6 heteroatoms. The van der Waals surface area contributed by atoms with Gasteiger partial charge in [-0.05, 0) is 37.1 Å². The van der Waals surface area contributed by atoms with Crippen LogP contribution in [-0.4, -0.2) is 19.0 Å². The summed E-state index contributed by atoms with van der Waals surface area (Å²) < 4.78 is 45.5. The van der Waals surface area contributed by atoms with Crippen LogP contribution in [0.15, 0.2) is 18.2 Å². The molecule has 0 bridgehead atoms. The number of rotatable bonds is 5. The number of alkyl halides is 3. The second kappa shape index (κ2) is 6.06. The minimum absolute atomic E-state index is 0.141. The molecule has 1 rings (SSSR count). The minimum atomic E-state index is -4.68. The summed E-state index contributed by atoms with van der Waals surface area (Å²) in [6.07, 6.45) is -4.83. The third-order valence-corrected chi connectivity index (χ3v) is 2.21. The van der Waals surface area contributed by atoms with E-state index in [1.165, 1.54) is 12.1 Å². The van der Waals surface area contributed by atoms with E-state index in [2.05, 4.69) is 4.74 Å².